The Bertz CT molecular complexity index is 445. The van der Waals surface area contributed by atoms with E-state index in [9.17, 15) is 9.00 Å². The largest absolute Gasteiger partial charge is 0.485 e. The summed E-state index contributed by atoms with van der Waals surface area (Å²) in [7, 11) is -0.973. The predicted molar refractivity (Wildman–Crippen MR) is 57.7 cm³/mol. The molecule has 0 radical (unpaired) electrons. The van der Waals surface area contributed by atoms with Crippen molar-refractivity contribution in [2.45, 2.75) is 4.90 Å². The van der Waals surface area contributed by atoms with E-state index in [2.05, 4.69) is 0 Å². The molecule has 15 heavy (non-hydrogen) atoms. The molecule has 1 unspecified atom stereocenters. The molecule has 2 rings (SSSR count). The van der Waals surface area contributed by atoms with Crippen molar-refractivity contribution in [2.75, 3.05) is 12.9 Å². The van der Waals surface area contributed by atoms with Crippen LogP contribution in [0.3, 0.4) is 0 Å². The molecular weight excluding hydrogens is 212 g/mol. The Kier molecular flexibility index (Phi) is 2.68. The fraction of sp³-hybridized carbons (Fsp3) is 0.182. The van der Waals surface area contributed by atoms with Gasteiger partial charge in [-0.05, 0) is 12.1 Å². The summed E-state index contributed by atoms with van der Waals surface area (Å²) in [4.78, 5) is 11.7. The maximum absolute atomic E-state index is 11.1. The molecule has 0 fully saturated rings. The maximum Gasteiger partial charge on any atom is 0.196 e. The highest BCUT2D eigenvalue weighted by molar-refractivity contribution is 7.84. The van der Waals surface area contributed by atoms with Crippen LogP contribution in [0.5, 0.6) is 0 Å². The summed E-state index contributed by atoms with van der Waals surface area (Å²) in [6.45, 7) is 0.122. The third-order valence-corrected chi connectivity index (χ3v) is 3.07. The highest BCUT2D eigenvalue weighted by Gasteiger charge is 2.14. The van der Waals surface area contributed by atoms with Crippen LogP contribution in [0.4, 0.5) is 0 Å². The normalized spacial score (nSPS) is 17.1. The first kappa shape index (κ1) is 10.1. The van der Waals surface area contributed by atoms with Crippen molar-refractivity contribution in [3.63, 3.8) is 0 Å². The van der Waals surface area contributed by atoms with Gasteiger partial charge in [0.2, 0.25) is 0 Å². The van der Waals surface area contributed by atoms with Crippen LogP contribution in [0.2, 0.25) is 0 Å². The average molecular weight is 222 g/mol. The number of ketones is 1. The Balaban J connectivity index is 2.28. The van der Waals surface area contributed by atoms with Gasteiger partial charge in [0.25, 0.3) is 0 Å². The Labute approximate surface area is 90.2 Å². The standard InChI is InChI=1S/C11H10O3S/c1-15(13)10-4-2-8(3-5-10)11-6-9(12)7-14-11/h2-6H,7H2,1H3. The summed E-state index contributed by atoms with van der Waals surface area (Å²) >= 11 is 0. The Morgan fingerprint density at radius 2 is 1.93 bits per heavy atom. The van der Waals surface area contributed by atoms with Gasteiger partial charge in [0.05, 0.1) is 0 Å². The van der Waals surface area contributed by atoms with Crippen LogP contribution in [-0.2, 0) is 20.3 Å². The van der Waals surface area contributed by atoms with Gasteiger partial charge >= 0.3 is 0 Å². The van der Waals surface area contributed by atoms with Crippen molar-refractivity contribution in [3.05, 3.63) is 35.9 Å². The summed E-state index contributed by atoms with van der Waals surface area (Å²) in [5.41, 5.74) is 0.843. The van der Waals surface area contributed by atoms with Gasteiger partial charge in [-0.15, -0.1) is 0 Å². The van der Waals surface area contributed by atoms with Crippen LogP contribution in [-0.4, -0.2) is 22.9 Å². The first-order chi connectivity index (χ1) is 7.16. The molecule has 1 aromatic rings. The molecule has 0 bridgehead atoms. The molecule has 3 nitrogen and oxygen atoms in total. The molecule has 1 atom stereocenters. The first-order valence-corrected chi connectivity index (χ1v) is 6.04. The fourth-order valence-electron chi connectivity index (χ4n) is 1.36. The Morgan fingerprint density at radius 1 is 1.27 bits per heavy atom. The maximum atomic E-state index is 11.1. The summed E-state index contributed by atoms with van der Waals surface area (Å²) in [5.74, 6) is 0.571. The molecule has 0 spiro atoms. The van der Waals surface area contributed by atoms with Crippen LogP contribution in [0.1, 0.15) is 5.56 Å². The molecule has 1 aromatic carbocycles. The molecule has 1 aliphatic rings. The molecule has 0 aliphatic carbocycles. The number of rotatable bonds is 2. The van der Waals surface area contributed by atoms with Crippen molar-refractivity contribution in [2.24, 2.45) is 0 Å². The van der Waals surface area contributed by atoms with Gasteiger partial charge in [-0.25, -0.2) is 0 Å². The van der Waals surface area contributed by atoms with E-state index in [1.54, 1.807) is 30.5 Å². The number of carbonyl (C=O) groups excluding carboxylic acids is 1. The Morgan fingerprint density at radius 3 is 2.40 bits per heavy atom. The van der Waals surface area contributed by atoms with Crippen LogP contribution in [0.25, 0.3) is 5.76 Å². The lowest BCUT2D eigenvalue weighted by atomic mass is 10.2. The smallest absolute Gasteiger partial charge is 0.196 e. The van der Waals surface area contributed by atoms with Crippen molar-refractivity contribution >= 4 is 22.3 Å². The molecule has 0 saturated heterocycles. The minimum absolute atomic E-state index is 0.0202. The summed E-state index contributed by atoms with van der Waals surface area (Å²) in [6.07, 6.45) is 3.11. The number of benzene rings is 1. The van der Waals surface area contributed by atoms with E-state index in [0.29, 0.717) is 5.76 Å². The monoisotopic (exact) mass is 222 g/mol. The zero-order chi connectivity index (χ0) is 10.8. The van der Waals surface area contributed by atoms with Crippen LogP contribution in [0, 0.1) is 0 Å². The highest BCUT2D eigenvalue weighted by atomic mass is 32.2. The van der Waals surface area contributed by atoms with Gasteiger partial charge in [0.15, 0.2) is 12.4 Å². The van der Waals surface area contributed by atoms with Gasteiger partial charge in [-0.2, -0.15) is 0 Å². The molecule has 1 aliphatic heterocycles. The average Bonchev–Trinajstić information content (AvgIpc) is 2.65. The summed E-state index contributed by atoms with van der Waals surface area (Å²) in [6, 6.07) is 7.17. The predicted octanol–water partition coefficient (Wildman–Crippen LogP) is 1.36. The highest BCUT2D eigenvalue weighted by Crippen LogP contribution is 2.21. The molecule has 0 amide bonds. The van der Waals surface area contributed by atoms with Crippen LogP contribution >= 0.6 is 0 Å². The van der Waals surface area contributed by atoms with Gasteiger partial charge < -0.3 is 4.74 Å². The van der Waals surface area contributed by atoms with Crippen LogP contribution < -0.4 is 0 Å². The first-order valence-electron chi connectivity index (χ1n) is 4.48. The zero-order valence-electron chi connectivity index (χ0n) is 8.23. The fourth-order valence-corrected chi connectivity index (χ4v) is 1.88. The number of carbonyl (C=O) groups is 1. The topological polar surface area (TPSA) is 43.4 Å². The summed E-state index contributed by atoms with van der Waals surface area (Å²) < 4.78 is 16.3. The van der Waals surface area contributed by atoms with E-state index in [-0.39, 0.29) is 12.4 Å². The lowest BCUT2D eigenvalue weighted by molar-refractivity contribution is -0.115. The van der Waals surface area contributed by atoms with E-state index >= 15 is 0 Å². The zero-order valence-corrected chi connectivity index (χ0v) is 9.04. The summed E-state index contributed by atoms with van der Waals surface area (Å²) in [5, 5.41) is 0. The molecule has 0 N–H and O–H groups in total. The quantitative estimate of drug-likeness (QED) is 0.759. The van der Waals surface area contributed by atoms with Gasteiger partial charge in [0, 0.05) is 33.6 Å². The number of ether oxygens (including phenoxy) is 1. The van der Waals surface area contributed by atoms with Gasteiger partial charge in [0.1, 0.15) is 5.76 Å². The second kappa shape index (κ2) is 3.98. The third kappa shape index (κ3) is 2.15. The third-order valence-electron chi connectivity index (χ3n) is 2.13. The molecule has 0 saturated carbocycles. The number of hydrogen-bond acceptors (Lipinski definition) is 3. The van der Waals surface area contributed by atoms with E-state index in [4.69, 9.17) is 4.74 Å². The minimum atomic E-state index is -0.973. The second-order valence-electron chi connectivity index (χ2n) is 3.24. The minimum Gasteiger partial charge on any atom is -0.485 e. The SMILES string of the molecule is CS(=O)c1ccc(C2=CC(=O)CO2)cc1. The lowest BCUT2D eigenvalue weighted by Crippen LogP contribution is -1.93. The number of hydrogen-bond donors (Lipinski definition) is 0. The molecule has 1 heterocycles. The van der Waals surface area contributed by atoms with E-state index in [1.165, 1.54) is 6.08 Å². The van der Waals surface area contributed by atoms with E-state index < -0.39 is 10.8 Å². The molecule has 4 heteroatoms. The van der Waals surface area contributed by atoms with Crippen molar-refractivity contribution < 1.29 is 13.7 Å². The van der Waals surface area contributed by atoms with Crippen molar-refractivity contribution in [1.82, 2.24) is 0 Å². The van der Waals surface area contributed by atoms with Crippen molar-refractivity contribution in [3.8, 4) is 0 Å². The van der Waals surface area contributed by atoms with Gasteiger partial charge in [-0.3, -0.25) is 9.00 Å². The molecule has 78 valence electrons. The van der Waals surface area contributed by atoms with Gasteiger partial charge in [-0.1, -0.05) is 12.1 Å². The second-order valence-corrected chi connectivity index (χ2v) is 4.62. The van der Waals surface area contributed by atoms with Crippen LogP contribution in [0.15, 0.2) is 35.2 Å². The lowest BCUT2D eigenvalue weighted by Gasteiger charge is -2.03. The van der Waals surface area contributed by atoms with E-state index in [1.807, 2.05) is 0 Å². The molecular formula is C11H10O3S. The van der Waals surface area contributed by atoms with Crippen molar-refractivity contribution in [1.29, 1.82) is 0 Å². The molecule has 0 aromatic heterocycles. The Hall–Kier alpha value is -1.42. The van der Waals surface area contributed by atoms with E-state index in [0.717, 1.165) is 10.5 Å².